The van der Waals surface area contributed by atoms with E-state index in [1.54, 1.807) is 0 Å². The fourth-order valence-corrected chi connectivity index (χ4v) is 3.51. The lowest BCUT2D eigenvalue weighted by Gasteiger charge is -2.34. The van der Waals surface area contributed by atoms with E-state index in [2.05, 4.69) is 15.5 Å². The predicted molar refractivity (Wildman–Crippen MR) is 75.3 cm³/mol. The van der Waals surface area contributed by atoms with Crippen LogP contribution in [0, 0.1) is 0 Å². The molecular formula is C14H24N4O2. The predicted octanol–water partition coefficient (Wildman–Crippen LogP) is 0.145. The van der Waals surface area contributed by atoms with E-state index in [0.29, 0.717) is 12.6 Å². The quantitative estimate of drug-likeness (QED) is 0.718. The summed E-state index contributed by atoms with van der Waals surface area (Å²) in [6, 6.07) is 0.180. The van der Waals surface area contributed by atoms with E-state index in [4.69, 9.17) is 0 Å². The van der Waals surface area contributed by atoms with Crippen LogP contribution in [-0.2, 0) is 4.79 Å². The molecule has 2 aliphatic heterocycles. The molecule has 6 heteroatoms. The highest BCUT2D eigenvalue weighted by Crippen LogP contribution is 2.18. The van der Waals surface area contributed by atoms with Crippen LogP contribution in [0.3, 0.4) is 0 Å². The van der Waals surface area contributed by atoms with Gasteiger partial charge in [-0.3, -0.25) is 9.69 Å². The Morgan fingerprint density at radius 1 is 1.15 bits per heavy atom. The summed E-state index contributed by atoms with van der Waals surface area (Å²) in [5.74, 6) is 0.0665. The van der Waals surface area contributed by atoms with Crippen molar-refractivity contribution < 1.29 is 9.59 Å². The fraction of sp³-hybridized carbons (Fsp3) is 0.857. The standard InChI is InChI=1S/C14H24N4O2/c19-13-12-10-18(8-3-7-17(12)9-6-15-13)14(20)16-11-4-1-2-5-11/h11-12H,1-10H2,(H,15,19)(H,16,20). The summed E-state index contributed by atoms with van der Waals surface area (Å²) in [6.45, 7) is 3.80. The van der Waals surface area contributed by atoms with Crippen molar-refractivity contribution in [3.8, 4) is 0 Å². The lowest BCUT2D eigenvalue weighted by Crippen LogP contribution is -2.58. The number of urea groups is 1. The van der Waals surface area contributed by atoms with Crippen LogP contribution in [0.25, 0.3) is 0 Å². The molecule has 1 aliphatic carbocycles. The minimum atomic E-state index is -0.166. The van der Waals surface area contributed by atoms with Crippen LogP contribution in [0.4, 0.5) is 4.79 Å². The van der Waals surface area contributed by atoms with Gasteiger partial charge in [0.05, 0.1) is 0 Å². The van der Waals surface area contributed by atoms with Crippen LogP contribution < -0.4 is 10.6 Å². The third-order valence-corrected chi connectivity index (χ3v) is 4.68. The minimum absolute atomic E-state index is 0.0112. The second kappa shape index (κ2) is 5.99. The van der Waals surface area contributed by atoms with Crippen molar-refractivity contribution >= 4 is 11.9 Å². The molecule has 1 atom stereocenters. The first-order valence-corrected chi connectivity index (χ1v) is 7.81. The highest BCUT2D eigenvalue weighted by molar-refractivity contribution is 5.84. The Morgan fingerprint density at radius 2 is 1.95 bits per heavy atom. The number of amides is 3. The fourth-order valence-electron chi connectivity index (χ4n) is 3.51. The average molecular weight is 280 g/mol. The number of nitrogens with zero attached hydrogens (tertiary/aromatic N) is 2. The first-order valence-electron chi connectivity index (χ1n) is 7.81. The smallest absolute Gasteiger partial charge is 0.317 e. The Balaban J connectivity index is 1.61. The summed E-state index contributed by atoms with van der Waals surface area (Å²) in [6.07, 6.45) is 5.56. The van der Waals surface area contributed by atoms with Gasteiger partial charge in [0.15, 0.2) is 0 Å². The molecule has 1 saturated carbocycles. The first kappa shape index (κ1) is 13.7. The van der Waals surface area contributed by atoms with E-state index in [1.165, 1.54) is 12.8 Å². The summed E-state index contributed by atoms with van der Waals surface area (Å²) >= 11 is 0. The molecule has 0 spiro atoms. The minimum Gasteiger partial charge on any atom is -0.353 e. The summed E-state index contributed by atoms with van der Waals surface area (Å²) in [5.41, 5.74) is 0. The van der Waals surface area contributed by atoms with E-state index < -0.39 is 0 Å². The number of rotatable bonds is 1. The molecule has 0 aromatic heterocycles. The molecule has 2 N–H and O–H groups in total. The molecule has 0 bridgehead atoms. The maximum absolute atomic E-state index is 12.4. The summed E-state index contributed by atoms with van der Waals surface area (Å²) in [4.78, 5) is 28.4. The molecule has 20 heavy (non-hydrogen) atoms. The Kier molecular flexibility index (Phi) is 4.10. The third kappa shape index (κ3) is 2.90. The molecule has 2 heterocycles. The van der Waals surface area contributed by atoms with Crippen LogP contribution in [0.5, 0.6) is 0 Å². The molecule has 3 rings (SSSR count). The number of nitrogens with one attached hydrogen (secondary N) is 2. The van der Waals surface area contributed by atoms with Crippen molar-refractivity contribution in [3.05, 3.63) is 0 Å². The van der Waals surface area contributed by atoms with E-state index in [9.17, 15) is 9.59 Å². The molecule has 2 saturated heterocycles. The maximum Gasteiger partial charge on any atom is 0.317 e. The van der Waals surface area contributed by atoms with Gasteiger partial charge in [0.1, 0.15) is 6.04 Å². The van der Waals surface area contributed by atoms with Gasteiger partial charge in [-0.1, -0.05) is 12.8 Å². The van der Waals surface area contributed by atoms with Gasteiger partial charge >= 0.3 is 6.03 Å². The topological polar surface area (TPSA) is 64.7 Å². The normalized spacial score (nSPS) is 28.7. The van der Waals surface area contributed by atoms with Gasteiger partial charge in [0.25, 0.3) is 0 Å². The lowest BCUT2D eigenvalue weighted by molar-refractivity contribution is -0.128. The van der Waals surface area contributed by atoms with Crippen LogP contribution in [0.1, 0.15) is 32.1 Å². The molecule has 1 unspecified atom stereocenters. The number of hydrogen-bond acceptors (Lipinski definition) is 3. The Labute approximate surface area is 119 Å². The van der Waals surface area contributed by atoms with Crippen LogP contribution in [-0.4, -0.2) is 66.5 Å². The SMILES string of the molecule is O=C1NCCN2CCCN(C(=O)NC3CCCC3)CC12. The summed E-state index contributed by atoms with van der Waals surface area (Å²) < 4.78 is 0. The zero-order chi connectivity index (χ0) is 13.9. The molecule has 0 radical (unpaired) electrons. The van der Waals surface area contributed by atoms with Crippen molar-refractivity contribution in [1.82, 2.24) is 20.4 Å². The van der Waals surface area contributed by atoms with Gasteiger partial charge in [-0.25, -0.2) is 4.79 Å². The van der Waals surface area contributed by atoms with Crippen LogP contribution in [0.15, 0.2) is 0 Å². The van der Waals surface area contributed by atoms with Crippen molar-refractivity contribution in [1.29, 1.82) is 0 Å². The molecule has 3 fully saturated rings. The second-order valence-corrected chi connectivity index (χ2v) is 6.07. The zero-order valence-corrected chi connectivity index (χ0v) is 11.9. The van der Waals surface area contributed by atoms with Crippen LogP contribution in [0.2, 0.25) is 0 Å². The zero-order valence-electron chi connectivity index (χ0n) is 11.9. The monoisotopic (exact) mass is 280 g/mol. The van der Waals surface area contributed by atoms with Gasteiger partial charge in [-0.05, 0) is 19.3 Å². The Morgan fingerprint density at radius 3 is 2.75 bits per heavy atom. The molecule has 0 aromatic carbocycles. The number of carbonyl (C=O) groups excluding carboxylic acids is 2. The number of carbonyl (C=O) groups is 2. The van der Waals surface area contributed by atoms with E-state index in [1.807, 2.05) is 4.90 Å². The molecule has 0 aromatic rings. The number of fused-ring (bicyclic) bond motifs is 1. The molecule has 3 amide bonds. The molecule has 112 valence electrons. The Hall–Kier alpha value is -1.30. The van der Waals surface area contributed by atoms with Gasteiger partial charge < -0.3 is 15.5 Å². The van der Waals surface area contributed by atoms with Crippen molar-refractivity contribution in [2.45, 2.75) is 44.2 Å². The van der Waals surface area contributed by atoms with E-state index in [0.717, 1.165) is 45.4 Å². The van der Waals surface area contributed by atoms with Gasteiger partial charge in [0, 0.05) is 38.8 Å². The van der Waals surface area contributed by atoms with Crippen molar-refractivity contribution in [2.75, 3.05) is 32.7 Å². The van der Waals surface area contributed by atoms with Crippen molar-refractivity contribution in [2.24, 2.45) is 0 Å². The van der Waals surface area contributed by atoms with Crippen LogP contribution >= 0.6 is 0 Å². The van der Waals surface area contributed by atoms with Crippen molar-refractivity contribution in [3.63, 3.8) is 0 Å². The third-order valence-electron chi connectivity index (χ3n) is 4.68. The highest BCUT2D eigenvalue weighted by atomic mass is 16.2. The first-order chi connectivity index (χ1) is 9.74. The van der Waals surface area contributed by atoms with E-state index in [-0.39, 0.29) is 18.0 Å². The molecule has 6 nitrogen and oxygen atoms in total. The highest BCUT2D eigenvalue weighted by Gasteiger charge is 2.34. The van der Waals surface area contributed by atoms with Gasteiger partial charge in [0.2, 0.25) is 5.91 Å². The Bertz CT molecular complexity index is 381. The summed E-state index contributed by atoms with van der Waals surface area (Å²) in [7, 11) is 0. The average Bonchev–Trinajstić information content (AvgIpc) is 2.83. The number of hydrogen-bond donors (Lipinski definition) is 2. The largest absolute Gasteiger partial charge is 0.353 e. The maximum atomic E-state index is 12.4. The molecule has 3 aliphatic rings. The second-order valence-electron chi connectivity index (χ2n) is 6.07. The number of piperazine rings is 1. The van der Waals surface area contributed by atoms with Gasteiger partial charge in [-0.2, -0.15) is 0 Å². The lowest BCUT2D eigenvalue weighted by atomic mass is 10.2. The van der Waals surface area contributed by atoms with E-state index >= 15 is 0 Å². The molecular weight excluding hydrogens is 256 g/mol. The van der Waals surface area contributed by atoms with Gasteiger partial charge in [-0.15, -0.1) is 0 Å². The summed E-state index contributed by atoms with van der Waals surface area (Å²) in [5, 5.41) is 6.03.